The van der Waals surface area contributed by atoms with Crippen LogP contribution in [-0.4, -0.2) is 51.2 Å². The minimum atomic E-state index is -3.60. The predicted octanol–water partition coefficient (Wildman–Crippen LogP) is 1.35. The number of carbonyl (C=O) groups is 1. The molecule has 0 radical (unpaired) electrons. The highest BCUT2D eigenvalue weighted by Crippen LogP contribution is 2.32. The van der Waals surface area contributed by atoms with Crippen molar-refractivity contribution in [3.8, 4) is 0 Å². The van der Waals surface area contributed by atoms with Crippen LogP contribution < -0.4 is 10.5 Å². The Morgan fingerprint density at radius 2 is 1.79 bits per heavy atom. The van der Waals surface area contributed by atoms with Crippen molar-refractivity contribution in [2.75, 3.05) is 26.2 Å². The lowest BCUT2D eigenvalue weighted by Crippen LogP contribution is -2.32. The second-order valence-electron chi connectivity index (χ2n) is 7.08. The van der Waals surface area contributed by atoms with E-state index in [4.69, 9.17) is 5.73 Å². The van der Waals surface area contributed by atoms with Crippen molar-refractivity contribution >= 4 is 34.2 Å². The maximum Gasteiger partial charge on any atom is 0.263 e. The molecule has 1 amide bonds. The zero-order valence-electron chi connectivity index (χ0n) is 15.7. The summed E-state index contributed by atoms with van der Waals surface area (Å²) in [5.74, 6) is 0.490. The molecule has 29 heavy (non-hydrogen) atoms. The zero-order chi connectivity index (χ0) is 19.7. The molecule has 7 nitrogen and oxygen atoms in total. The van der Waals surface area contributed by atoms with E-state index >= 15 is 0 Å². The monoisotopic (exact) mass is 434 g/mol. The number of nitrogens with one attached hydrogen (secondary N) is 1. The van der Waals surface area contributed by atoms with Crippen molar-refractivity contribution in [1.29, 1.82) is 0 Å². The van der Waals surface area contributed by atoms with Crippen molar-refractivity contribution in [3.63, 3.8) is 0 Å². The molecular weight excluding hydrogens is 412 g/mol. The summed E-state index contributed by atoms with van der Waals surface area (Å²) in [6, 6.07) is 16.7. The van der Waals surface area contributed by atoms with Gasteiger partial charge < -0.3 is 10.6 Å². The standard InChI is InChI=1S/C20H22N4O3S.ClH/c21-10-15-12-24(13-17(15)14-6-2-1-3-7-14)19(25)11-22-20-16-8-4-5-9-18(16)28(26,27)23-20;/h1-9,15,17H,10-13,21H2,(H,22,23);1H/t15-,17+;/m1./s1. The highest BCUT2D eigenvalue weighted by Gasteiger charge is 2.35. The lowest BCUT2D eigenvalue weighted by molar-refractivity contribution is -0.128. The Morgan fingerprint density at radius 3 is 2.52 bits per heavy atom. The van der Waals surface area contributed by atoms with Crippen molar-refractivity contribution in [2.24, 2.45) is 16.6 Å². The summed E-state index contributed by atoms with van der Waals surface area (Å²) in [5.41, 5.74) is 7.61. The fourth-order valence-electron chi connectivity index (χ4n) is 3.89. The second-order valence-corrected chi connectivity index (χ2v) is 8.73. The van der Waals surface area contributed by atoms with Gasteiger partial charge in [-0.25, -0.2) is 8.42 Å². The van der Waals surface area contributed by atoms with Gasteiger partial charge in [0.25, 0.3) is 10.0 Å². The van der Waals surface area contributed by atoms with Crippen LogP contribution in [0, 0.1) is 5.92 Å². The maximum atomic E-state index is 12.7. The van der Waals surface area contributed by atoms with Crippen molar-refractivity contribution in [2.45, 2.75) is 10.8 Å². The summed E-state index contributed by atoms with van der Waals surface area (Å²) >= 11 is 0. The average Bonchev–Trinajstić information content (AvgIpc) is 3.26. The Hall–Kier alpha value is -2.42. The Kier molecular flexibility index (Phi) is 6.26. The largest absolute Gasteiger partial charge is 0.340 e. The molecule has 2 aliphatic rings. The van der Waals surface area contributed by atoms with E-state index in [-0.39, 0.29) is 47.4 Å². The first kappa shape index (κ1) is 21.3. The van der Waals surface area contributed by atoms with Crippen LogP contribution in [-0.2, 0) is 14.8 Å². The SMILES string of the molecule is Cl.NC[C@@H]1CN(C(=O)CN=C2NS(=O)(=O)c3ccccc32)C[C@H]1c1ccccc1. The molecule has 0 spiro atoms. The molecule has 2 heterocycles. The van der Waals surface area contributed by atoms with Crippen LogP contribution in [0.5, 0.6) is 0 Å². The van der Waals surface area contributed by atoms with Gasteiger partial charge in [0, 0.05) is 24.6 Å². The number of nitrogens with two attached hydrogens (primary N) is 1. The molecule has 154 valence electrons. The third kappa shape index (κ3) is 4.14. The Balaban J connectivity index is 0.00000240. The topological polar surface area (TPSA) is 105 Å². The summed E-state index contributed by atoms with van der Waals surface area (Å²) in [5, 5.41) is 0. The number of hydrogen-bond donors (Lipinski definition) is 2. The van der Waals surface area contributed by atoms with Gasteiger partial charge in [-0.3, -0.25) is 14.5 Å². The summed E-state index contributed by atoms with van der Waals surface area (Å²) in [4.78, 5) is 18.9. The molecule has 1 fully saturated rings. The molecule has 4 rings (SSSR count). The molecule has 2 aliphatic heterocycles. The van der Waals surface area contributed by atoms with E-state index < -0.39 is 10.0 Å². The van der Waals surface area contributed by atoms with E-state index in [1.54, 1.807) is 23.1 Å². The van der Waals surface area contributed by atoms with E-state index in [1.165, 1.54) is 11.6 Å². The van der Waals surface area contributed by atoms with Gasteiger partial charge in [0.1, 0.15) is 12.4 Å². The Bertz CT molecular complexity index is 1030. The van der Waals surface area contributed by atoms with Crippen LogP contribution in [0.15, 0.2) is 64.5 Å². The van der Waals surface area contributed by atoms with E-state index in [9.17, 15) is 13.2 Å². The highest BCUT2D eigenvalue weighted by atomic mass is 35.5. The number of rotatable bonds is 4. The minimum absolute atomic E-state index is 0. The van der Waals surface area contributed by atoms with Gasteiger partial charge in [-0.15, -0.1) is 12.4 Å². The lowest BCUT2D eigenvalue weighted by Gasteiger charge is -2.16. The summed E-state index contributed by atoms with van der Waals surface area (Å²) in [6.45, 7) is 1.58. The smallest absolute Gasteiger partial charge is 0.263 e. The van der Waals surface area contributed by atoms with E-state index in [1.807, 2.05) is 18.2 Å². The molecule has 0 saturated carbocycles. The van der Waals surface area contributed by atoms with E-state index in [0.29, 0.717) is 25.2 Å². The van der Waals surface area contributed by atoms with E-state index in [0.717, 1.165) is 0 Å². The third-order valence-corrected chi connectivity index (χ3v) is 6.76. The first-order valence-electron chi connectivity index (χ1n) is 9.19. The normalized spacial score (nSPS) is 23.3. The number of carbonyl (C=O) groups excluding carboxylic acids is 1. The van der Waals surface area contributed by atoms with Crippen molar-refractivity contribution in [3.05, 3.63) is 65.7 Å². The third-order valence-electron chi connectivity index (χ3n) is 5.36. The number of fused-ring (bicyclic) bond motifs is 1. The number of amidine groups is 1. The quantitative estimate of drug-likeness (QED) is 0.757. The molecule has 0 aliphatic carbocycles. The van der Waals surface area contributed by atoms with Gasteiger partial charge >= 0.3 is 0 Å². The van der Waals surface area contributed by atoms with Gasteiger partial charge in [0.15, 0.2) is 0 Å². The number of benzene rings is 2. The zero-order valence-corrected chi connectivity index (χ0v) is 17.3. The number of aliphatic imine (C=N–C) groups is 1. The van der Waals surface area contributed by atoms with Crippen LogP contribution in [0.2, 0.25) is 0 Å². The van der Waals surface area contributed by atoms with Gasteiger partial charge in [-0.1, -0.05) is 42.5 Å². The number of halogens is 1. The Morgan fingerprint density at radius 1 is 1.10 bits per heavy atom. The molecule has 9 heteroatoms. The second kappa shape index (κ2) is 8.52. The first-order chi connectivity index (χ1) is 13.5. The molecule has 1 saturated heterocycles. The number of sulfonamides is 1. The number of hydrogen-bond acceptors (Lipinski definition) is 5. The number of amides is 1. The maximum absolute atomic E-state index is 12.7. The molecule has 2 aromatic carbocycles. The van der Waals surface area contributed by atoms with Crippen LogP contribution in [0.4, 0.5) is 0 Å². The van der Waals surface area contributed by atoms with E-state index in [2.05, 4.69) is 21.8 Å². The van der Waals surface area contributed by atoms with Crippen molar-refractivity contribution < 1.29 is 13.2 Å². The van der Waals surface area contributed by atoms with Crippen LogP contribution in [0.3, 0.4) is 0 Å². The number of nitrogens with zero attached hydrogens (tertiary/aromatic N) is 2. The minimum Gasteiger partial charge on any atom is -0.340 e. The fourth-order valence-corrected chi connectivity index (χ4v) is 5.14. The van der Waals surface area contributed by atoms with Crippen LogP contribution >= 0.6 is 12.4 Å². The molecule has 2 atom stereocenters. The van der Waals surface area contributed by atoms with Crippen LogP contribution in [0.25, 0.3) is 0 Å². The molecule has 2 aromatic rings. The molecular formula is C20H23ClN4O3S. The van der Waals surface area contributed by atoms with Gasteiger partial charge in [0.2, 0.25) is 5.91 Å². The predicted molar refractivity (Wildman–Crippen MR) is 114 cm³/mol. The van der Waals surface area contributed by atoms with Gasteiger partial charge in [-0.2, -0.15) is 0 Å². The van der Waals surface area contributed by atoms with Gasteiger partial charge in [0.05, 0.1) is 4.90 Å². The first-order valence-corrected chi connectivity index (χ1v) is 10.7. The summed E-state index contributed by atoms with van der Waals surface area (Å²) in [7, 11) is -3.60. The Labute approximate surface area is 176 Å². The van der Waals surface area contributed by atoms with Crippen LogP contribution in [0.1, 0.15) is 17.0 Å². The molecule has 3 N–H and O–H groups in total. The fraction of sp³-hybridized carbons (Fsp3) is 0.300. The molecule has 0 bridgehead atoms. The number of likely N-dealkylation sites (tertiary alicyclic amines) is 1. The summed E-state index contributed by atoms with van der Waals surface area (Å²) in [6.07, 6.45) is 0. The molecule has 0 aromatic heterocycles. The molecule has 0 unspecified atom stereocenters. The lowest BCUT2D eigenvalue weighted by atomic mass is 9.89. The van der Waals surface area contributed by atoms with Gasteiger partial charge in [-0.05, 0) is 30.2 Å². The average molecular weight is 435 g/mol. The highest BCUT2D eigenvalue weighted by molar-refractivity contribution is 7.90. The summed E-state index contributed by atoms with van der Waals surface area (Å²) < 4.78 is 26.7. The van der Waals surface area contributed by atoms with Crippen molar-refractivity contribution in [1.82, 2.24) is 9.62 Å².